The quantitative estimate of drug-likeness (QED) is 0.487. The minimum absolute atomic E-state index is 0.190. The Balaban J connectivity index is 1.57. The summed E-state index contributed by atoms with van der Waals surface area (Å²) in [5.74, 6) is 0.296. The first kappa shape index (κ1) is 18.7. The number of ether oxygens (including phenoxy) is 1. The van der Waals surface area contributed by atoms with E-state index in [1.165, 1.54) is 6.07 Å². The molecular weight excluding hydrogens is 346 g/mol. The number of fused-ring (bicyclic) bond motifs is 1. The van der Waals surface area contributed by atoms with Gasteiger partial charge in [-0.25, -0.2) is 9.78 Å². The van der Waals surface area contributed by atoms with Gasteiger partial charge in [-0.2, -0.15) is 0 Å². The molecule has 0 bridgehead atoms. The Morgan fingerprint density at radius 3 is 2.96 bits per heavy atom. The van der Waals surface area contributed by atoms with E-state index in [9.17, 15) is 9.59 Å². The third-order valence-corrected chi connectivity index (χ3v) is 4.32. The number of nitrogens with zero attached hydrogens (tertiary/aromatic N) is 2. The van der Waals surface area contributed by atoms with E-state index in [1.807, 2.05) is 23.8 Å². The van der Waals surface area contributed by atoms with Gasteiger partial charge in [-0.3, -0.25) is 4.79 Å². The van der Waals surface area contributed by atoms with Crippen LogP contribution in [-0.4, -0.2) is 28.1 Å². The van der Waals surface area contributed by atoms with Gasteiger partial charge >= 0.3 is 5.63 Å². The fraction of sp³-hybridized carbons (Fsp3) is 0.350. The molecule has 2 aromatic heterocycles. The van der Waals surface area contributed by atoms with Crippen LogP contribution in [0, 0.1) is 0 Å². The Labute approximate surface area is 157 Å². The second-order valence-electron chi connectivity index (χ2n) is 6.31. The number of carbonyl (C=O) groups is 1. The highest BCUT2D eigenvalue weighted by atomic mass is 16.5. The summed E-state index contributed by atoms with van der Waals surface area (Å²) in [4.78, 5) is 27.8. The largest absolute Gasteiger partial charge is 0.481 e. The summed E-state index contributed by atoms with van der Waals surface area (Å²) in [6.45, 7) is 5.02. The molecule has 0 saturated carbocycles. The molecule has 142 valence electrons. The molecule has 1 aromatic carbocycles. The summed E-state index contributed by atoms with van der Waals surface area (Å²) in [7, 11) is 0. The maximum Gasteiger partial charge on any atom is 0.336 e. The SMILES string of the molecule is CCc1cc(=O)oc2cc(O[C@@H](C)C(=O)NCCCn3ccnc3)ccc12. The van der Waals surface area contributed by atoms with Crippen LogP contribution in [0.25, 0.3) is 11.0 Å². The first-order valence-corrected chi connectivity index (χ1v) is 9.03. The molecular formula is C20H23N3O4. The normalized spacial score (nSPS) is 12.1. The van der Waals surface area contributed by atoms with E-state index < -0.39 is 6.10 Å². The first-order valence-electron chi connectivity index (χ1n) is 9.03. The topological polar surface area (TPSA) is 86.4 Å². The zero-order valence-electron chi connectivity index (χ0n) is 15.5. The summed E-state index contributed by atoms with van der Waals surface area (Å²) in [6, 6.07) is 6.79. The number of nitrogens with one attached hydrogen (secondary N) is 1. The van der Waals surface area contributed by atoms with Crippen LogP contribution >= 0.6 is 0 Å². The van der Waals surface area contributed by atoms with E-state index in [0.717, 1.165) is 30.3 Å². The van der Waals surface area contributed by atoms with Crippen molar-refractivity contribution in [1.29, 1.82) is 0 Å². The van der Waals surface area contributed by atoms with Gasteiger partial charge in [0.1, 0.15) is 11.3 Å². The van der Waals surface area contributed by atoms with Crippen LogP contribution in [0.5, 0.6) is 5.75 Å². The summed E-state index contributed by atoms with van der Waals surface area (Å²) < 4.78 is 12.9. The van der Waals surface area contributed by atoms with Gasteiger partial charge in [0.2, 0.25) is 0 Å². The van der Waals surface area contributed by atoms with Crippen LogP contribution in [0.3, 0.4) is 0 Å². The Hall–Kier alpha value is -3.09. The molecule has 0 unspecified atom stereocenters. The van der Waals surface area contributed by atoms with E-state index in [0.29, 0.717) is 17.9 Å². The van der Waals surface area contributed by atoms with Crippen LogP contribution in [-0.2, 0) is 17.8 Å². The summed E-state index contributed by atoms with van der Waals surface area (Å²) >= 11 is 0. The zero-order chi connectivity index (χ0) is 19.2. The molecule has 27 heavy (non-hydrogen) atoms. The number of hydrogen-bond acceptors (Lipinski definition) is 5. The van der Waals surface area contributed by atoms with Crippen LogP contribution in [0.4, 0.5) is 0 Å². The van der Waals surface area contributed by atoms with Crippen LogP contribution in [0.2, 0.25) is 0 Å². The van der Waals surface area contributed by atoms with E-state index >= 15 is 0 Å². The molecule has 1 amide bonds. The first-order chi connectivity index (χ1) is 13.1. The Kier molecular flexibility index (Phi) is 5.90. The van der Waals surface area contributed by atoms with Gasteiger partial charge in [0.15, 0.2) is 6.10 Å². The molecule has 0 saturated heterocycles. The molecule has 0 aliphatic heterocycles. The predicted octanol–water partition coefficient (Wildman–Crippen LogP) is 2.53. The molecule has 0 fully saturated rings. The van der Waals surface area contributed by atoms with Crippen LogP contribution in [0.1, 0.15) is 25.8 Å². The number of imidazole rings is 1. The second kappa shape index (κ2) is 8.53. The lowest BCUT2D eigenvalue weighted by atomic mass is 10.1. The summed E-state index contributed by atoms with van der Waals surface area (Å²) in [6.07, 6.45) is 6.24. The van der Waals surface area contributed by atoms with Crippen molar-refractivity contribution < 1.29 is 13.9 Å². The molecule has 1 N–H and O–H groups in total. The summed E-state index contributed by atoms with van der Waals surface area (Å²) in [5, 5.41) is 3.73. The van der Waals surface area contributed by atoms with Crippen molar-refractivity contribution in [1.82, 2.24) is 14.9 Å². The van der Waals surface area contributed by atoms with Crippen LogP contribution in [0.15, 0.2) is 52.2 Å². The molecule has 0 aliphatic rings. The highest BCUT2D eigenvalue weighted by Crippen LogP contribution is 2.23. The Bertz CT molecular complexity index is 963. The minimum atomic E-state index is -0.656. The molecule has 1 atom stereocenters. The molecule has 7 nitrogen and oxygen atoms in total. The number of benzene rings is 1. The molecule has 7 heteroatoms. The van der Waals surface area contributed by atoms with Crippen molar-refractivity contribution in [2.45, 2.75) is 39.3 Å². The number of aromatic nitrogens is 2. The average molecular weight is 369 g/mol. The van der Waals surface area contributed by atoms with Gasteiger partial charge in [-0.15, -0.1) is 0 Å². The lowest BCUT2D eigenvalue weighted by Crippen LogP contribution is -2.37. The van der Waals surface area contributed by atoms with Gasteiger partial charge in [-0.1, -0.05) is 6.92 Å². The smallest absolute Gasteiger partial charge is 0.336 e. The summed E-state index contributed by atoms with van der Waals surface area (Å²) in [5.41, 5.74) is 1.00. The van der Waals surface area contributed by atoms with E-state index in [2.05, 4.69) is 10.3 Å². The lowest BCUT2D eigenvalue weighted by molar-refractivity contribution is -0.127. The average Bonchev–Trinajstić information content (AvgIpc) is 3.17. The number of carbonyl (C=O) groups excluding carboxylic acids is 1. The fourth-order valence-corrected chi connectivity index (χ4v) is 2.87. The van der Waals surface area contributed by atoms with Crippen molar-refractivity contribution in [3.63, 3.8) is 0 Å². The molecule has 3 rings (SSSR count). The van der Waals surface area contributed by atoms with Crippen molar-refractivity contribution >= 4 is 16.9 Å². The zero-order valence-corrected chi connectivity index (χ0v) is 15.5. The van der Waals surface area contributed by atoms with Gasteiger partial charge in [-0.05, 0) is 37.5 Å². The Morgan fingerprint density at radius 2 is 2.22 bits per heavy atom. The minimum Gasteiger partial charge on any atom is -0.481 e. The van der Waals surface area contributed by atoms with Gasteiger partial charge in [0, 0.05) is 43.0 Å². The van der Waals surface area contributed by atoms with Crippen molar-refractivity contribution in [3.8, 4) is 5.75 Å². The van der Waals surface area contributed by atoms with E-state index in [1.54, 1.807) is 31.6 Å². The second-order valence-corrected chi connectivity index (χ2v) is 6.31. The van der Waals surface area contributed by atoms with E-state index in [-0.39, 0.29) is 11.5 Å². The lowest BCUT2D eigenvalue weighted by Gasteiger charge is -2.15. The molecule has 3 aromatic rings. The van der Waals surface area contributed by atoms with Crippen molar-refractivity contribution in [2.24, 2.45) is 0 Å². The van der Waals surface area contributed by atoms with Gasteiger partial charge in [0.05, 0.1) is 6.33 Å². The highest BCUT2D eigenvalue weighted by Gasteiger charge is 2.15. The molecule has 0 aliphatic carbocycles. The van der Waals surface area contributed by atoms with Crippen molar-refractivity contribution in [3.05, 3.63) is 59.0 Å². The van der Waals surface area contributed by atoms with Crippen LogP contribution < -0.4 is 15.7 Å². The third-order valence-electron chi connectivity index (χ3n) is 4.32. The predicted molar refractivity (Wildman–Crippen MR) is 102 cm³/mol. The number of rotatable bonds is 8. The monoisotopic (exact) mass is 369 g/mol. The van der Waals surface area contributed by atoms with Gasteiger partial charge in [0.25, 0.3) is 5.91 Å². The molecule has 0 radical (unpaired) electrons. The van der Waals surface area contributed by atoms with Gasteiger partial charge < -0.3 is 19.0 Å². The fourth-order valence-electron chi connectivity index (χ4n) is 2.87. The third kappa shape index (κ3) is 4.75. The molecule has 0 spiro atoms. The Morgan fingerprint density at radius 1 is 1.37 bits per heavy atom. The van der Waals surface area contributed by atoms with Crippen molar-refractivity contribution in [2.75, 3.05) is 6.54 Å². The number of amides is 1. The van der Waals surface area contributed by atoms with E-state index in [4.69, 9.17) is 9.15 Å². The maximum atomic E-state index is 12.2. The number of hydrogen-bond donors (Lipinski definition) is 1. The number of aryl methyl sites for hydroxylation is 2. The molecule has 2 heterocycles. The maximum absolute atomic E-state index is 12.2. The standard InChI is InChI=1S/C20H23N3O4/c1-3-15-11-19(24)27-18-12-16(5-6-17(15)18)26-14(2)20(25)22-7-4-9-23-10-8-21-13-23/h5-6,8,10-14H,3-4,7,9H2,1-2H3,(H,22,25)/t14-/m0/s1. The highest BCUT2D eigenvalue weighted by molar-refractivity contribution is 5.82.